The van der Waals surface area contributed by atoms with Crippen molar-refractivity contribution in [2.45, 2.75) is 6.54 Å². The van der Waals surface area contributed by atoms with Crippen molar-refractivity contribution in [1.82, 2.24) is 5.32 Å². The van der Waals surface area contributed by atoms with Gasteiger partial charge < -0.3 is 10.1 Å². The summed E-state index contributed by atoms with van der Waals surface area (Å²) in [7, 11) is 1.79. The van der Waals surface area contributed by atoms with E-state index in [-0.39, 0.29) is 23.1 Å². The van der Waals surface area contributed by atoms with Gasteiger partial charge in [-0.2, -0.15) is 0 Å². The molecule has 0 aromatic heterocycles. The van der Waals surface area contributed by atoms with Crippen LogP contribution < -0.4 is 10.1 Å². The lowest BCUT2D eigenvalue weighted by atomic mass is 10.2. The van der Waals surface area contributed by atoms with Crippen molar-refractivity contribution in [1.29, 1.82) is 0 Å². The Morgan fingerprint density at radius 2 is 2.33 bits per heavy atom. The van der Waals surface area contributed by atoms with Crippen molar-refractivity contribution in [3.63, 3.8) is 0 Å². The largest absolute Gasteiger partial charge is 0.481 e. The molecule has 0 amide bonds. The lowest BCUT2D eigenvalue weighted by molar-refractivity contribution is -0.385. The highest BCUT2D eigenvalue weighted by Gasteiger charge is 2.15. The maximum Gasteiger partial charge on any atom is 0.310 e. The Kier molecular flexibility index (Phi) is 5.91. The van der Waals surface area contributed by atoms with Crippen LogP contribution in [0.3, 0.4) is 0 Å². The maximum atomic E-state index is 10.8. The van der Waals surface area contributed by atoms with Crippen LogP contribution in [0.5, 0.6) is 5.75 Å². The first-order chi connectivity index (χ1) is 8.58. The van der Waals surface area contributed by atoms with Crippen molar-refractivity contribution in [2.24, 2.45) is 0 Å². The second-order valence-corrected chi connectivity index (χ2v) is 4.14. The minimum atomic E-state index is -0.503. The minimum Gasteiger partial charge on any atom is -0.481 e. The van der Waals surface area contributed by atoms with Gasteiger partial charge in [0.2, 0.25) is 0 Å². The van der Waals surface area contributed by atoms with Gasteiger partial charge in [0.15, 0.2) is 5.75 Å². The van der Waals surface area contributed by atoms with E-state index < -0.39 is 4.92 Å². The molecule has 18 heavy (non-hydrogen) atoms. The Morgan fingerprint density at radius 1 is 1.61 bits per heavy atom. The average molecular weight is 291 g/mol. The van der Waals surface area contributed by atoms with Crippen molar-refractivity contribution < 1.29 is 9.66 Å². The molecular formula is C11H12Cl2N2O3. The van der Waals surface area contributed by atoms with Crippen LogP contribution in [0.25, 0.3) is 0 Å². The molecule has 0 saturated heterocycles. The molecule has 0 fully saturated rings. The summed E-state index contributed by atoms with van der Waals surface area (Å²) in [6, 6.07) is 4.67. The number of nitrogens with zero attached hydrogens (tertiary/aromatic N) is 1. The number of rotatable bonds is 6. The maximum absolute atomic E-state index is 10.8. The summed E-state index contributed by atoms with van der Waals surface area (Å²) in [4.78, 5) is 10.3. The third-order valence-corrected chi connectivity index (χ3v) is 2.68. The highest BCUT2D eigenvalue weighted by atomic mass is 35.5. The van der Waals surface area contributed by atoms with Crippen LogP contribution in [0, 0.1) is 10.1 Å². The summed E-state index contributed by atoms with van der Waals surface area (Å²) < 4.78 is 5.28. The Hall–Kier alpha value is -1.30. The van der Waals surface area contributed by atoms with Gasteiger partial charge >= 0.3 is 5.69 Å². The SMILES string of the molecule is CNCc1ccc([N+](=O)[O-])c(OCC(Cl)=CCl)c1. The van der Waals surface area contributed by atoms with E-state index in [1.165, 1.54) is 6.07 Å². The predicted molar refractivity (Wildman–Crippen MR) is 71.1 cm³/mol. The second kappa shape index (κ2) is 7.20. The van der Waals surface area contributed by atoms with Crippen molar-refractivity contribution >= 4 is 28.9 Å². The van der Waals surface area contributed by atoms with Crippen LogP contribution in [0.1, 0.15) is 5.56 Å². The highest BCUT2D eigenvalue weighted by molar-refractivity contribution is 6.36. The van der Waals surface area contributed by atoms with Gasteiger partial charge in [-0.05, 0) is 18.7 Å². The zero-order valence-electron chi connectivity index (χ0n) is 9.65. The molecule has 0 spiro atoms. The van der Waals surface area contributed by atoms with Gasteiger partial charge in [-0.1, -0.05) is 29.3 Å². The molecule has 7 heteroatoms. The number of hydrogen-bond acceptors (Lipinski definition) is 4. The van der Waals surface area contributed by atoms with E-state index in [1.807, 2.05) is 0 Å². The zero-order valence-corrected chi connectivity index (χ0v) is 11.2. The van der Waals surface area contributed by atoms with Crippen molar-refractivity contribution in [2.75, 3.05) is 13.7 Å². The van der Waals surface area contributed by atoms with Crippen LogP contribution in [0.2, 0.25) is 0 Å². The summed E-state index contributed by atoms with van der Waals surface area (Å²) in [6.07, 6.45) is 0. The normalized spacial score (nSPS) is 11.4. The number of ether oxygens (including phenoxy) is 1. The highest BCUT2D eigenvalue weighted by Crippen LogP contribution is 2.28. The summed E-state index contributed by atoms with van der Waals surface area (Å²) in [5, 5.41) is 14.1. The van der Waals surface area contributed by atoms with E-state index in [2.05, 4.69) is 5.32 Å². The number of nitrogens with one attached hydrogen (secondary N) is 1. The first-order valence-electron chi connectivity index (χ1n) is 5.08. The van der Waals surface area contributed by atoms with E-state index in [1.54, 1.807) is 19.2 Å². The molecule has 0 atom stereocenters. The Morgan fingerprint density at radius 3 is 2.89 bits per heavy atom. The van der Waals surface area contributed by atoms with Gasteiger partial charge in [0.25, 0.3) is 0 Å². The van der Waals surface area contributed by atoms with E-state index in [4.69, 9.17) is 27.9 Å². The lowest BCUT2D eigenvalue weighted by Gasteiger charge is -2.08. The number of halogens is 2. The van der Waals surface area contributed by atoms with Gasteiger partial charge in [-0.3, -0.25) is 10.1 Å². The fourth-order valence-corrected chi connectivity index (χ4v) is 1.43. The number of nitro groups is 1. The van der Waals surface area contributed by atoms with Gasteiger partial charge in [0, 0.05) is 18.1 Å². The van der Waals surface area contributed by atoms with Gasteiger partial charge in [0.05, 0.1) is 9.96 Å². The molecule has 0 aliphatic rings. The van der Waals surface area contributed by atoms with Crippen molar-refractivity contribution in [3.05, 3.63) is 44.4 Å². The first kappa shape index (κ1) is 14.8. The first-order valence-corrected chi connectivity index (χ1v) is 5.89. The molecule has 5 nitrogen and oxygen atoms in total. The Labute approximate surface area is 114 Å². The molecular weight excluding hydrogens is 279 g/mol. The number of benzene rings is 1. The smallest absolute Gasteiger partial charge is 0.310 e. The van der Waals surface area contributed by atoms with E-state index in [9.17, 15) is 10.1 Å². The second-order valence-electron chi connectivity index (χ2n) is 3.43. The lowest BCUT2D eigenvalue weighted by Crippen LogP contribution is -2.06. The van der Waals surface area contributed by atoms with E-state index in [0.717, 1.165) is 11.1 Å². The van der Waals surface area contributed by atoms with Crippen LogP contribution in [-0.2, 0) is 6.54 Å². The molecule has 0 aliphatic carbocycles. The molecule has 1 aromatic rings. The van der Waals surface area contributed by atoms with Gasteiger partial charge in [-0.25, -0.2) is 0 Å². The molecule has 0 saturated carbocycles. The summed E-state index contributed by atoms with van der Waals surface area (Å²) >= 11 is 11.1. The molecule has 0 aliphatic heterocycles. The van der Waals surface area contributed by atoms with Crippen LogP contribution in [0.4, 0.5) is 5.69 Å². The van der Waals surface area contributed by atoms with Crippen LogP contribution in [-0.4, -0.2) is 18.6 Å². The van der Waals surface area contributed by atoms with Crippen LogP contribution >= 0.6 is 23.2 Å². The predicted octanol–water partition coefficient (Wildman–Crippen LogP) is 3.01. The molecule has 0 heterocycles. The van der Waals surface area contributed by atoms with Gasteiger partial charge in [-0.15, -0.1) is 0 Å². The fourth-order valence-electron chi connectivity index (χ4n) is 1.32. The quantitative estimate of drug-likeness (QED) is 0.646. The van der Waals surface area contributed by atoms with Gasteiger partial charge in [0.1, 0.15) is 6.61 Å². The van der Waals surface area contributed by atoms with Crippen molar-refractivity contribution in [3.8, 4) is 5.75 Å². The van der Waals surface area contributed by atoms with E-state index in [0.29, 0.717) is 6.54 Å². The van der Waals surface area contributed by atoms with E-state index >= 15 is 0 Å². The molecule has 0 bridgehead atoms. The zero-order chi connectivity index (χ0) is 13.5. The third kappa shape index (κ3) is 4.18. The Balaban J connectivity index is 2.96. The molecule has 0 unspecified atom stereocenters. The number of hydrogen-bond donors (Lipinski definition) is 1. The topological polar surface area (TPSA) is 64.4 Å². The minimum absolute atomic E-state index is 0.00506. The molecule has 1 aromatic carbocycles. The summed E-state index contributed by atoms with van der Waals surface area (Å²) in [6.45, 7) is 0.586. The monoisotopic (exact) mass is 290 g/mol. The molecule has 1 rings (SSSR count). The standard InChI is InChI=1S/C11H12Cl2N2O3/c1-14-6-8-2-3-10(15(16)17)11(4-8)18-7-9(13)5-12/h2-5,14H,6-7H2,1H3. The molecule has 1 N–H and O–H groups in total. The third-order valence-electron chi connectivity index (χ3n) is 2.09. The number of nitro benzene ring substituents is 1. The summed E-state index contributed by atoms with van der Waals surface area (Å²) in [5.74, 6) is 0.171. The van der Waals surface area contributed by atoms with Crippen LogP contribution in [0.15, 0.2) is 28.8 Å². The molecule has 0 radical (unpaired) electrons. The molecule has 98 valence electrons. The fraction of sp³-hybridized carbons (Fsp3) is 0.273. The summed E-state index contributed by atoms with van der Waals surface area (Å²) in [5.41, 5.74) is 1.93. The Bertz CT molecular complexity index is 464. The average Bonchev–Trinajstić information content (AvgIpc) is 2.36.